The first kappa shape index (κ1) is 16.8. The van der Waals surface area contributed by atoms with Gasteiger partial charge in [0.25, 0.3) is 0 Å². The third-order valence-corrected chi connectivity index (χ3v) is 2.84. The van der Waals surface area contributed by atoms with Crippen LogP contribution in [-0.2, 0) is 9.53 Å². The van der Waals surface area contributed by atoms with E-state index in [0.29, 0.717) is 18.0 Å². The summed E-state index contributed by atoms with van der Waals surface area (Å²) in [6.07, 6.45) is 0. The Morgan fingerprint density at radius 3 is 2.52 bits per heavy atom. The van der Waals surface area contributed by atoms with E-state index in [1.54, 1.807) is 25.1 Å². The van der Waals surface area contributed by atoms with Crippen LogP contribution in [0.25, 0.3) is 0 Å². The van der Waals surface area contributed by atoms with Gasteiger partial charge in [-0.25, -0.2) is 4.79 Å². The molecule has 0 heterocycles. The number of benzene rings is 1. The summed E-state index contributed by atoms with van der Waals surface area (Å²) in [5.41, 5.74) is 0.555. The Morgan fingerprint density at radius 2 is 1.95 bits per heavy atom. The Morgan fingerprint density at radius 1 is 1.29 bits per heavy atom. The van der Waals surface area contributed by atoms with Crippen molar-refractivity contribution in [3.63, 3.8) is 0 Å². The highest BCUT2D eigenvalue weighted by Gasteiger charge is 2.21. The molecule has 6 heteroatoms. The predicted octanol–water partition coefficient (Wildman–Crippen LogP) is 2.50. The van der Waals surface area contributed by atoms with Crippen molar-refractivity contribution in [2.24, 2.45) is 0 Å². The number of urea groups is 1. The third kappa shape index (κ3) is 4.98. The molecule has 0 fully saturated rings. The zero-order chi connectivity index (χ0) is 15.8. The van der Waals surface area contributed by atoms with Crippen molar-refractivity contribution >= 4 is 17.7 Å². The number of carbonyl (C=O) groups excluding carboxylic acids is 2. The molecular formula is C15H22N2O4. The number of esters is 1. The lowest BCUT2D eigenvalue weighted by molar-refractivity contribution is -0.144. The van der Waals surface area contributed by atoms with Crippen LogP contribution in [0.3, 0.4) is 0 Å². The second-order valence-electron chi connectivity index (χ2n) is 4.66. The molecule has 0 aliphatic rings. The van der Waals surface area contributed by atoms with Crippen molar-refractivity contribution in [2.45, 2.75) is 26.8 Å². The normalized spacial score (nSPS) is 10.1. The average Bonchev–Trinajstić information content (AvgIpc) is 2.45. The van der Waals surface area contributed by atoms with E-state index in [4.69, 9.17) is 9.47 Å². The second-order valence-corrected chi connectivity index (χ2v) is 4.66. The van der Waals surface area contributed by atoms with Crippen LogP contribution in [0, 0.1) is 0 Å². The van der Waals surface area contributed by atoms with Gasteiger partial charge in [-0.05, 0) is 32.9 Å². The molecule has 1 N–H and O–H groups in total. The molecule has 6 nitrogen and oxygen atoms in total. The van der Waals surface area contributed by atoms with Crippen LogP contribution in [0.2, 0.25) is 0 Å². The van der Waals surface area contributed by atoms with E-state index in [2.05, 4.69) is 5.32 Å². The predicted molar refractivity (Wildman–Crippen MR) is 80.5 cm³/mol. The van der Waals surface area contributed by atoms with E-state index in [1.807, 2.05) is 19.9 Å². The molecular weight excluding hydrogens is 272 g/mol. The molecule has 1 aromatic carbocycles. The molecule has 0 atom stereocenters. The van der Waals surface area contributed by atoms with E-state index < -0.39 is 5.97 Å². The van der Waals surface area contributed by atoms with Gasteiger partial charge >= 0.3 is 12.0 Å². The highest BCUT2D eigenvalue weighted by molar-refractivity contribution is 5.93. The summed E-state index contributed by atoms with van der Waals surface area (Å²) in [6.45, 7) is 5.60. The molecule has 21 heavy (non-hydrogen) atoms. The second kappa shape index (κ2) is 8.14. The van der Waals surface area contributed by atoms with Gasteiger partial charge in [0.15, 0.2) is 0 Å². The van der Waals surface area contributed by atoms with Gasteiger partial charge in [-0.1, -0.05) is 12.1 Å². The summed E-state index contributed by atoms with van der Waals surface area (Å²) in [4.78, 5) is 25.3. The lowest BCUT2D eigenvalue weighted by Crippen LogP contribution is -2.43. The summed E-state index contributed by atoms with van der Waals surface area (Å²) in [5, 5.41) is 2.74. The number of rotatable bonds is 6. The molecule has 0 unspecified atom stereocenters. The zero-order valence-corrected chi connectivity index (χ0v) is 12.9. The SMILES string of the molecule is CCOC(=O)CN(C(=O)Nc1ccccc1OC)C(C)C. The van der Waals surface area contributed by atoms with E-state index >= 15 is 0 Å². The van der Waals surface area contributed by atoms with Gasteiger partial charge in [-0.2, -0.15) is 0 Å². The van der Waals surface area contributed by atoms with Gasteiger partial charge in [-0.15, -0.1) is 0 Å². The number of nitrogens with zero attached hydrogens (tertiary/aromatic N) is 1. The summed E-state index contributed by atoms with van der Waals surface area (Å²) in [6, 6.07) is 6.59. The van der Waals surface area contributed by atoms with Gasteiger partial charge in [0.1, 0.15) is 12.3 Å². The van der Waals surface area contributed by atoms with Crippen molar-refractivity contribution in [3.8, 4) is 5.75 Å². The first-order valence-corrected chi connectivity index (χ1v) is 6.85. The number of ether oxygens (including phenoxy) is 2. The van der Waals surface area contributed by atoms with Crippen LogP contribution in [0.15, 0.2) is 24.3 Å². The molecule has 0 aliphatic heterocycles. The van der Waals surface area contributed by atoms with Crippen molar-refractivity contribution in [2.75, 3.05) is 25.6 Å². The van der Waals surface area contributed by atoms with Crippen molar-refractivity contribution in [1.29, 1.82) is 0 Å². The third-order valence-electron chi connectivity index (χ3n) is 2.84. The van der Waals surface area contributed by atoms with Crippen LogP contribution < -0.4 is 10.1 Å². The number of hydrogen-bond donors (Lipinski definition) is 1. The van der Waals surface area contributed by atoms with Crippen LogP contribution in [-0.4, -0.2) is 43.2 Å². The molecule has 0 aliphatic carbocycles. The minimum Gasteiger partial charge on any atom is -0.495 e. The van der Waals surface area contributed by atoms with Gasteiger partial charge in [0.05, 0.1) is 19.4 Å². The number of para-hydroxylation sites is 2. The minimum atomic E-state index is -0.429. The Hall–Kier alpha value is -2.24. The molecule has 0 radical (unpaired) electrons. The monoisotopic (exact) mass is 294 g/mol. The average molecular weight is 294 g/mol. The molecule has 1 aromatic rings. The van der Waals surface area contributed by atoms with Crippen LogP contribution in [0.1, 0.15) is 20.8 Å². The Kier molecular flexibility index (Phi) is 6.52. The number of anilines is 1. The molecule has 0 spiro atoms. The number of amides is 2. The number of methoxy groups -OCH3 is 1. The topological polar surface area (TPSA) is 67.9 Å². The quantitative estimate of drug-likeness (QED) is 0.819. The lowest BCUT2D eigenvalue weighted by Gasteiger charge is -2.26. The molecule has 0 saturated carbocycles. The van der Waals surface area contributed by atoms with E-state index in [-0.39, 0.29) is 18.6 Å². The van der Waals surface area contributed by atoms with Gasteiger partial charge < -0.3 is 19.7 Å². The van der Waals surface area contributed by atoms with Crippen LogP contribution in [0.5, 0.6) is 5.75 Å². The maximum absolute atomic E-state index is 12.3. The maximum atomic E-state index is 12.3. The highest BCUT2D eigenvalue weighted by Crippen LogP contribution is 2.23. The molecule has 2 amide bonds. The number of hydrogen-bond acceptors (Lipinski definition) is 4. The van der Waals surface area contributed by atoms with Crippen LogP contribution in [0.4, 0.5) is 10.5 Å². The summed E-state index contributed by atoms with van der Waals surface area (Å²) in [7, 11) is 1.53. The fraction of sp³-hybridized carbons (Fsp3) is 0.467. The standard InChI is InChI=1S/C15H22N2O4/c1-5-21-14(18)10-17(11(2)3)15(19)16-12-8-6-7-9-13(12)20-4/h6-9,11H,5,10H2,1-4H3,(H,16,19). The molecule has 0 aromatic heterocycles. The molecule has 1 rings (SSSR count). The summed E-state index contributed by atoms with van der Waals surface area (Å²) >= 11 is 0. The van der Waals surface area contributed by atoms with Crippen molar-refractivity contribution in [1.82, 2.24) is 4.90 Å². The first-order chi connectivity index (χ1) is 9.99. The largest absolute Gasteiger partial charge is 0.495 e. The number of nitrogens with one attached hydrogen (secondary N) is 1. The Balaban J connectivity index is 2.79. The van der Waals surface area contributed by atoms with E-state index in [9.17, 15) is 9.59 Å². The van der Waals surface area contributed by atoms with E-state index in [1.165, 1.54) is 12.0 Å². The van der Waals surface area contributed by atoms with Crippen molar-refractivity contribution in [3.05, 3.63) is 24.3 Å². The minimum absolute atomic E-state index is 0.0908. The summed E-state index contributed by atoms with van der Waals surface area (Å²) < 4.78 is 10.1. The molecule has 116 valence electrons. The fourth-order valence-electron chi connectivity index (χ4n) is 1.77. The van der Waals surface area contributed by atoms with Crippen LogP contribution >= 0.6 is 0 Å². The van der Waals surface area contributed by atoms with Gasteiger partial charge in [-0.3, -0.25) is 4.79 Å². The maximum Gasteiger partial charge on any atom is 0.325 e. The molecule has 0 saturated heterocycles. The van der Waals surface area contributed by atoms with Gasteiger partial charge in [0.2, 0.25) is 0 Å². The molecule has 0 bridgehead atoms. The lowest BCUT2D eigenvalue weighted by atomic mass is 10.3. The fourth-order valence-corrected chi connectivity index (χ4v) is 1.77. The number of carbonyl (C=O) groups is 2. The Bertz CT molecular complexity index is 488. The summed E-state index contributed by atoms with van der Waals surface area (Å²) in [5.74, 6) is 0.132. The first-order valence-electron chi connectivity index (χ1n) is 6.85. The van der Waals surface area contributed by atoms with E-state index in [0.717, 1.165) is 0 Å². The van der Waals surface area contributed by atoms with Crippen molar-refractivity contribution < 1.29 is 19.1 Å². The Labute approximate surface area is 125 Å². The van der Waals surface area contributed by atoms with Gasteiger partial charge in [0, 0.05) is 6.04 Å². The highest BCUT2D eigenvalue weighted by atomic mass is 16.5. The smallest absolute Gasteiger partial charge is 0.325 e. The zero-order valence-electron chi connectivity index (χ0n) is 12.9.